The largest absolute Gasteiger partial charge is 0.350 e. The van der Waals surface area contributed by atoms with Crippen molar-refractivity contribution in [3.8, 4) is 0 Å². The van der Waals surface area contributed by atoms with Gasteiger partial charge in [-0.15, -0.1) is 0 Å². The first-order valence-corrected chi connectivity index (χ1v) is 4.77. The minimum atomic E-state index is -3.05. The third kappa shape index (κ3) is 4.31. The molecule has 6 heteroatoms. The lowest BCUT2D eigenvalue weighted by molar-refractivity contribution is -0.122. The molecule has 1 aromatic heterocycles. The molecule has 88 valence electrons. The first kappa shape index (κ1) is 12.5. The minimum absolute atomic E-state index is 0.0362. The van der Waals surface area contributed by atoms with Crippen molar-refractivity contribution < 1.29 is 13.6 Å². The van der Waals surface area contributed by atoms with Gasteiger partial charge in [0.1, 0.15) is 0 Å². The normalized spacial score (nSPS) is 11.2. The van der Waals surface area contributed by atoms with Crippen LogP contribution in [0.15, 0.2) is 24.5 Å². The summed E-state index contributed by atoms with van der Waals surface area (Å²) in [7, 11) is 0. The maximum atomic E-state index is 12.7. The number of nitrogens with one attached hydrogen (secondary N) is 1. The Kier molecular flexibility index (Phi) is 4.30. The van der Waals surface area contributed by atoms with Crippen molar-refractivity contribution in [2.24, 2.45) is 5.73 Å². The van der Waals surface area contributed by atoms with Crippen molar-refractivity contribution in [3.05, 3.63) is 30.1 Å². The van der Waals surface area contributed by atoms with Crippen LogP contribution in [0.1, 0.15) is 5.56 Å². The van der Waals surface area contributed by atoms with Crippen molar-refractivity contribution in [3.63, 3.8) is 0 Å². The van der Waals surface area contributed by atoms with Gasteiger partial charge in [-0.1, -0.05) is 6.07 Å². The molecule has 1 rings (SSSR count). The Labute approximate surface area is 91.9 Å². The molecule has 0 saturated heterocycles. The molecule has 3 N–H and O–H groups in total. The van der Waals surface area contributed by atoms with E-state index in [1.165, 1.54) is 6.20 Å². The van der Waals surface area contributed by atoms with Crippen LogP contribution in [0.3, 0.4) is 0 Å². The number of aromatic nitrogens is 1. The zero-order chi connectivity index (χ0) is 12.0. The topological polar surface area (TPSA) is 68.0 Å². The van der Waals surface area contributed by atoms with Gasteiger partial charge in [-0.05, 0) is 11.6 Å². The lowest BCUT2D eigenvalue weighted by atomic mass is 10.2. The van der Waals surface area contributed by atoms with E-state index in [-0.39, 0.29) is 6.42 Å². The SMILES string of the molecule is NCC(F)(F)CNC(=O)Cc1cccnc1. The Morgan fingerprint density at radius 3 is 2.88 bits per heavy atom. The third-order valence-corrected chi connectivity index (χ3v) is 1.93. The van der Waals surface area contributed by atoms with Gasteiger partial charge in [0.15, 0.2) is 0 Å². The van der Waals surface area contributed by atoms with Crippen LogP contribution >= 0.6 is 0 Å². The van der Waals surface area contributed by atoms with E-state index in [4.69, 9.17) is 5.73 Å². The molecule has 0 spiro atoms. The van der Waals surface area contributed by atoms with Gasteiger partial charge in [0, 0.05) is 12.4 Å². The first-order chi connectivity index (χ1) is 7.53. The Balaban J connectivity index is 2.38. The molecule has 16 heavy (non-hydrogen) atoms. The van der Waals surface area contributed by atoms with Crippen LogP contribution in [0.5, 0.6) is 0 Å². The summed E-state index contributed by atoms with van der Waals surface area (Å²) in [4.78, 5) is 15.1. The Bertz CT molecular complexity index is 343. The third-order valence-electron chi connectivity index (χ3n) is 1.93. The number of alkyl halides is 2. The predicted molar refractivity (Wildman–Crippen MR) is 55.0 cm³/mol. The van der Waals surface area contributed by atoms with Crippen LogP contribution in [-0.2, 0) is 11.2 Å². The first-order valence-electron chi connectivity index (χ1n) is 4.77. The second-order valence-corrected chi connectivity index (χ2v) is 3.37. The number of pyridine rings is 1. The molecule has 0 atom stereocenters. The lowest BCUT2D eigenvalue weighted by Gasteiger charge is -2.14. The smallest absolute Gasteiger partial charge is 0.277 e. The number of hydrogen-bond donors (Lipinski definition) is 2. The van der Waals surface area contributed by atoms with Gasteiger partial charge in [0.25, 0.3) is 5.92 Å². The van der Waals surface area contributed by atoms with Crippen LogP contribution in [0.25, 0.3) is 0 Å². The molecule has 0 radical (unpaired) electrons. The fraction of sp³-hybridized carbons (Fsp3) is 0.400. The van der Waals surface area contributed by atoms with E-state index in [2.05, 4.69) is 10.3 Å². The Morgan fingerprint density at radius 2 is 2.31 bits per heavy atom. The minimum Gasteiger partial charge on any atom is -0.350 e. The fourth-order valence-electron chi connectivity index (χ4n) is 1.05. The van der Waals surface area contributed by atoms with Crippen LogP contribution in [0.2, 0.25) is 0 Å². The summed E-state index contributed by atoms with van der Waals surface area (Å²) >= 11 is 0. The summed E-state index contributed by atoms with van der Waals surface area (Å²) in [5, 5.41) is 2.13. The quantitative estimate of drug-likeness (QED) is 0.764. The van der Waals surface area contributed by atoms with E-state index in [1.807, 2.05) is 0 Å². The average Bonchev–Trinajstić information content (AvgIpc) is 2.28. The molecule has 4 nitrogen and oxygen atoms in total. The zero-order valence-corrected chi connectivity index (χ0v) is 8.62. The summed E-state index contributed by atoms with van der Waals surface area (Å²) in [6.45, 7) is -1.51. The molecule has 0 bridgehead atoms. The van der Waals surface area contributed by atoms with E-state index in [0.717, 1.165) is 0 Å². The molecule has 0 aromatic carbocycles. The predicted octanol–water partition coefficient (Wildman–Crippen LogP) is 0.334. The van der Waals surface area contributed by atoms with E-state index in [9.17, 15) is 13.6 Å². The van der Waals surface area contributed by atoms with Gasteiger partial charge < -0.3 is 11.1 Å². The molecule has 1 heterocycles. The number of nitrogens with two attached hydrogens (primary N) is 1. The van der Waals surface area contributed by atoms with Crippen molar-refractivity contribution >= 4 is 5.91 Å². The highest BCUT2D eigenvalue weighted by atomic mass is 19.3. The van der Waals surface area contributed by atoms with Crippen molar-refractivity contribution in [1.29, 1.82) is 0 Å². The Morgan fingerprint density at radius 1 is 1.56 bits per heavy atom. The number of halogens is 2. The molecular formula is C10H13F2N3O. The van der Waals surface area contributed by atoms with Gasteiger partial charge in [0.2, 0.25) is 5.91 Å². The summed E-state index contributed by atoms with van der Waals surface area (Å²) < 4.78 is 25.4. The molecule has 0 aliphatic heterocycles. The molecule has 0 fully saturated rings. The summed E-state index contributed by atoms with van der Waals surface area (Å²) in [5.74, 6) is -3.52. The maximum Gasteiger partial charge on any atom is 0.277 e. The summed E-state index contributed by atoms with van der Waals surface area (Å²) in [6.07, 6.45) is 3.12. The second kappa shape index (κ2) is 5.50. The second-order valence-electron chi connectivity index (χ2n) is 3.37. The molecule has 0 aliphatic carbocycles. The van der Waals surface area contributed by atoms with E-state index >= 15 is 0 Å². The van der Waals surface area contributed by atoms with Crippen molar-refractivity contribution in [2.45, 2.75) is 12.3 Å². The highest BCUT2D eigenvalue weighted by Gasteiger charge is 2.26. The van der Waals surface area contributed by atoms with Gasteiger partial charge >= 0.3 is 0 Å². The number of rotatable bonds is 5. The number of hydrogen-bond acceptors (Lipinski definition) is 3. The van der Waals surface area contributed by atoms with Gasteiger partial charge in [-0.25, -0.2) is 8.78 Å². The number of carbonyl (C=O) groups is 1. The van der Waals surface area contributed by atoms with Gasteiger partial charge in [-0.2, -0.15) is 0 Å². The molecule has 1 amide bonds. The highest BCUT2D eigenvalue weighted by molar-refractivity contribution is 5.78. The van der Waals surface area contributed by atoms with E-state index < -0.39 is 24.9 Å². The summed E-state index contributed by atoms with van der Waals surface area (Å²) in [6, 6.07) is 3.38. The number of carbonyl (C=O) groups excluding carboxylic acids is 1. The highest BCUT2D eigenvalue weighted by Crippen LogP contribution is 2.08. The van der Waals surface area contributed by atoms with Crippen LogP contribution in [0, 0.1) is 0 Å². The molecular weight excluding hydrogens is 216 g/mol. The number of amides is 1. The Hall–Kier alpha value is -1.56. The van der Waals surface area contributed by atoms with Gasteiger partial charge in [-0.3, -0.25) is 9.78 Å². The van der Waals surface area contributed by atoms with Crippen molar-refractivity contribution in [2.75, 3.05) is 13.1 Å². The van der Waals surface area contributed by atoms with Crippen LogP contribution < -0.4 is 11.1 Å². The maximum absolute atomic E-state index is 12.7. The van der Waals surface area contributed by atoms with E-state index in [1.54, 1.807) is 18.3 Å². The van der Waals surface area contributed by atoms with Crippen LogP contribution in [-0.4, -0.2) is 29.9 Å². The summed E-state index contributed by atoms with van der Waals surface area (Å²) in [5.41, 5.74) is 5.51. The lowest BCUT2D eigenvalue weighted by Crippen LogP contribution is -2.42. The van der Waals surface area contributed by atoms with Gasteiger partial charge in [0.05, 0.1) is 19.5 Å². The average molecular weight is 229 g/mol. The number of nitrogens with zero attached hydrogens (tertiary/aromatic N) is 1. The van der Waals surface area contributed by atoms with E-state index in [0.29, 0.717) is 5.56 Å². The fourth-order valence-corrected chi connectivity index (χ4v) is 1.05. The standard InChI is InChI=1S/C10H13F2N3O/c11-10(12,6-13)7-15-9(16)4-8-2-1-3-14-5-8/h1-3,5H,4,6-7,13H2,(H,15,16). The van der Waals surface area contributed by atoms with Crippen molar-refractivity contribution in [1.82, 2.24) is 10.3 Å². The molecule has 1 aromatic rings. The monoisotopic (exact) mass is 229 g/mol. The zero-order valence-electron chi connectivity index (χ0n) is 8.62. The molecule has 0 saturated carbocycles. The van der Waals surface area contributed by atoms with Crippen LogP contribution in [0.4, 0.5) is 8.78 Å². The molecule has 0 unspecified atom stereocenters. The molecule has 0 aliphatic rings.